The molecular weight excluding hydrogens is 403 g/mol. The zero-order valence-corrected chi connectivity index (χ0v) is 18.1. The van der Waals surface area contributed by atoms with Gasteiger partial charge in [-0.05, 0) is 55.7 Å². The maximum Gasteiger partial charge on any atom is 0.194 e. The van der Waals surface area contributed by atoms with Crippen molar-refractivity contribution in [1.82, 2.24) is 9.97 Å². The van der Waals surface area contributed by atoms with Gasteiger partial charge in [0.25, 0.3) is 0 Å². The number of imidazole rings is 1. The Kier molecular flexibility index (Phi) is 5.90. The molecule has 1 atom stereocenters. The molecule has 0 bridgehead atoms. The standard InChI is InChI=1S/C20H26ClFN2O3S/c1-12-19(28(4,25)26)24-18(23-12)17(13-5-6-16(22)15(21)11-13)27-14-7-9-20(2,3)10-8-14/h5-6,11,14,17H,7-10H2,1-4H3,(H,23,24). The number of aryl methyl sites for hydroxylation is 1. The van der Waals surface area contributed by atoms with Gasteiger partial charge in [0.15, 0.2) is 14.9 Å². The van der Waals surface area contributed by atoms with Gasteiger partial charge in [0.05, 0.1) is 16.8 Å². The maximum atomic E-state index is 13.7. The van der Waals surface area contributed by atoms with E-state index in [1.54, 1.807) is 13.0 Å². The largest absolute Gasteiger partial charge is 0.362 e. The van der Waals surface area contributed by atoms with Crippen LogP contribution in [0.15, 0.2) is 23.2 Å². The zero-order chi connectivity index (χ0) is 20.7. The molecule has 1 aliphatic carbocycles. The van der Waals surface area contributed by atoms with E-state index >= 15 is 0 Å². The molecule has 0 aliphatic heterocycles. The van der Waals surface area contributed by atoms with Crippen LogP contribution in [0, 0.1) is 18.2 Å². The summed E-state index contributed by atoms with van der Waals surface area (Å²) in [6, 6.07) is 4.38. The lowest BCUT2D eigenvalue weighted by Gasteiger charge is -2.35. The van der Waals surface area contributed by atoms with E-state index in [4.69, 9.17) is 16.3 Å². The van der Waals surface area contributed by atoms with Crippen LogP contribution in [0.5, 0.6) is 0 Å². The lowest BCUT2D eigenvalue weighted by Crippen LogP contribution is -2.28. The minimum absolute atomic E-state index is 0.00548. The average Bonchev–Trinajstić information content (AvgIpc) is 2.98. The number of nitrogens with one attached hydrogen (secondary N) is 1. The number of halogens is 2. The molecule has 1 aromatic carbocycles. The number of benzene rings is 1. The van der Waals surface area contributed by atoms with Crippen molar-refractivity contribution in [3.05, 3.63) is 46.1 Å². The van der Waals surface area contributed by atoms with E-state index in [1.807, 2.05) is 0 Å². The molecule has 28 heavy (non-hydrogen) atoms. The van der Waals surface area contributed by atoms with Crippen LogP contribution >= 0.6 is 11.6 Å². The first kappa shape index (κ1) is 21.3. The molecule has 1 heterocycles. The summed E-state index contributed by atoms with van der Waals surface area (Å²) in [5, 5.41) is -0.0171. The third-order valence-electron chi connectivity index (χ3n) is 5.32. The number of nitrogens with zero attached hydrogens (tertiary/aromatic N) is 1. The number of ether oxygens (including phenoxy) is 1. The summed E-state index contributed by atoms with van der Waals surface area (Å²) in [6.07, 6.45) is 4.36. The monoisotopic (exact) mass is 428 g/mol. The molecule has 0 radical (unpaired) electrons. The predicted molar refractivity (Wildman–Crippen MR) is 107 cm³/mol. The number of sulfone groups is 1. The van der Waals surface area contributed by atoms with Crippen molar-refractivity contribution in [2.75, 3.05) is 6.26 Å². The van der Waals surface area contributed by atoms with Gasteiger partial charge in [0.2, 0.25) is 0 Å². The smallest absolute Gasteiger partial charge is 0.194 e. The topological polar surface area (TPSA) is 72.0 Å². The fourth-order valence-electron chi connectivity index (χ4n) is 3.63. The number of hydrogen-bond acceptors (Lipinski definition) is 4. The van der Waals surface area contributed by atoms with E-state index in [1.165, 1.54) is 12.1 Å². The number of rotatable bonds is 5. The van der Waals surface area contributed by atoms with Gasteiger partial charge in [-0.3, -0.25) is 0 Å². The fourth-order valence-corrected chi connectivity index (χ4v) is 4.69. The van der Waals surface area contributed by atoms with Crippen LogP contribution in [0.25, 0.3) is 0 Å². The first-order valence-electron chi connectivity index (χ1n) is 9.33. The summed E-state index contributed by atoms with van der Waals surface area (Å²) in [4.78, 5) is 7.34. The molecule has 1 saturated carbocycles. The summed E-state index contributed by atoms with van der Waals surface area (Å²) >= 11 is 5.98. The summed E-state index contributed by atoms with van der Waals surface area (Å²) in [6.45, 7) is 6.15. The van der Waals surface area contributed by atoms with Crippen LogP contribution in [0.2, 0.25) is 5.02 Å². The quantitative estimate of drug-likeness (QED) is 0.728. The number of aromatic nitrogens is 2. The van der Waals surface area contributed by atoms with Crippen LogP contribution in [0.1, 0.15) is 62.7 Å². The molecule has 0 amide bonds. The Morgan fingerprint density at radius 3 is 2.50 bits per heavy atom. The van der Waals surface area contributed by atoms with E-state index in [-0.39, 0.29) is 16.2 Å². The van der Waals surface area contributed by atoms with Crippen LogP contribution in [0.3, 0.4) is 0 Å². The first-order chi connectivity index (χ1) is 13.0. The molecule has 154 valence electrons. The second-order valence-corrected chi connectivity index (χ2v) is 10.7. The third-order valence-corrected chi connectivity index (χ3v) is 6.71. The summed E-state index contributed by atoms with van der Waals surface area (Å²) in [7, 11) is -3.48. The molecule has 3 rings (SSSR count). The van der Waals surface area contributed by atoms with Gasteiger partial charge in [-0.15, -0.1) is 0 Å². The van der Waals surface area contributed by atoms with Crippen LogP contribution < -0.4 is 0 Å². The van der Waals surface area contributed by atoms with E-state index in [2.05, 4.69) is 23.8 Å². The summed E-state index contributed by atoms with van der Waals surface area (Å²) < 4.78 is 44.0. The van der Waals surface area contributed by atoms with Gasteiger partial charge in [-0.2, -0.15) is 0 Å². The minimum Gasteiger partial charge on any atom is -0.362 e. The van der Waals surface area contributed by atoms with Crippen molar-refractivity contribution in [1.29, 1.82) is 0 Å². The third kappa shape index (κ3) is 4.75. The minimum atomic E-state index is -3.48. The summed E-state index contributed by atoms with van der Waals surface area (Å²) in [5.74, 6) is -0.138. The second-order valence-electron chi connectivity index (χ2n) is 8.38. The number of aromatic amines is 1. The van der Waals surface area contributed by atoms with Crippen LogP contribution in [0.4, 0.5) is 4.39 Å². The normalized spacial score (nSPS) is 18.9. The van der Waals surface area contributed by atoms with E-state index in [9.17, 15) is 12.8 Å². The van der Waals surface area contributed by atoms with Crippen molar-refractivity contribution in [3.8, 4) is 0 Å². The Morgan fingerprint density at radius 1 is 1.32 bits per heavy atom. The Hall–Kier alpha value is -1.44. The zero-order valence-electron chi connectivity index (χ0n) is 16.6. The van der Waals surface area contributed by atoms with Crippen LogP contribution in [-0.2, 0) is 14.6 Å². The van der Waals surface area contributed by atoms with Gasteiger partial charge < -0.3 is 9.72 Å². The SMILES string of the molecule is Cc1[nH]c(C(OC2CCC(C)(C)CC2)c2ccc(F)c(Cl)c2)nc1S(C)(=O)=O. The van der Waals surface area contributed by atoms with Gasteiger partial charge >= 0.3 is 0 Å². The lowest BCUT2D eigenvalue weighted by atomic mass is 9.76. The van der Waals surface area contributed by atoms with Gasteiger partial charge in [-0.1, -0.05) is 31.5 Å². The highest BCUT2D eigenvalue weighted by Gasteiger charge is 2.31. The molecule has 0 spiro atoms. The maximum absolute atomic E-state index is 13.7. The predicted octanol–water partition coefficient (Wildman–Crippen LogP) is 4.99. The Balaban J connectivity index is 1.96. The molecule has 8 heteroatoms. The molecule has 1 unspecified atom stereocenters. The molecular formula is C20H26ClFN2O3S. The van der Waals surface area contributed by atoms with Crippen molar-refractivity contribution < 1.29 is 17.5 Å². The molecule has 1 aromatic heterocycles. The lowest BCUT2D eigenvalue weighted by molar-refractivity contribution is -0.0330. The average molecular weight is 429 g/mol. The number of hydrogen-bond donors (Lipinski definition) is 1. The Labute approximate surface area is 170 Å². The van der Waals surface area contributed by atoms with Crippen molar-refractivity contribution >= 4 is 21.4 Å². The van der Waals surface area contributed by atoms with Crippen LogP contribution in [-0.4, -0.2) is 30.7 Å². The summed E-state index contributed by atoms with van der Waals surface area (Å²) in [5.41, 5.74) is 1.37. The molecule has 1 aliphatic rings. The Morgan fingerprint density at radius 2 is 1.96 bits per heavy atom. The fraction of sp³-hybridized carbons (Fsp3) is 0.550. The molecule has 0 saturated heterocycles. The molecule has 5 nitrogen and oxygen atoms in total. The molecule has 2 aromatic rings. The second kappa shape index (κ2) is 7.76. The van der Waals surface area contributed by atoms with E-state index in [0.29, 0.717) is 22.5 Å². The van der Waals surface area contributed by atoms with E-state index in [0.717, 1.165) is 31.9 Å². The van der Waals surface area contributed by atoms with Crippen molar-refractivity contribution in [3.63, 3.8) is 0 Å². The van der Waals surface area contributed by atoms with Crippen molar-refractivity contribution in [2.45, 2.75) is 63.7 Å². The van der Waals surface area contributed by atoms with Gasteiger partial charge in [-0.25, -0.2) is 17.8 Å². The molecule has 1 N–H and O–H groups in total. The van der Waals surface area contributed by atoms with Gasteiger partial charge in [0.1, 0.15) is 17.7 Å². The highest BCUT2D eigenvalue weighted by Crippen LogP contribution is 2.39. The van der Waals surface area contributed by atoms with Gasteiger partial charge in [0, 0.05) is 6.26 Å². The van der Waals surface area contributed by atoms with E-state index < -0.39 is 21.8 Å². The highest BCUT2D eigenvalue weighted by atomic mass is 35.5. The highest BCUT2D eigenvalue weighted by molar-refractivity contribution is 7.90. The Bertz CT molecular complexity index is 962. The van der Waals surface area contributed by atoms with Crippen molar-refractivity contribution in [2.24, 2.45) is 5.41 Å². The molecule has 1 fully saturated rings. The first-order valence-corrected chi connectivity index (χ1v) is 11.6. The number of H-pyrrole nitrogens is 1.